The molecule has 1 atom stereocenters. The maximum Gasteiger partial charge on any atom is 0.163 e. The molecule has 1 aliphatic rings. The van der Waals surface area contributed by atoms with Crippen molar-refractivity contribution >= 4 is 22.8 Å². The highest BCUT2D eigenvalue weighted by Crippen LogP contribution is 2.27. The van der Waals surface area contributed by atoms with Crippen LogP contribution in [0, 0.1) is 0 Å². The third-order valence-electron chi connectivity index (χ3n) is 2.88. The first kappa shape index (κ1) is 10.1. The van der Waals surface area contributed by atoms with Crippen molar-refractivity contribution in [3.8, 4) is 0 Å². The zero-order chi connectivity index (χ0) is 11.0. The van der Waals surface area contributed by atoms with Crippen molar-refractivity contribution in [3.63, 3.8) is 0 Å². The number of aromatic nitrogens is 3. The van der Waals surface area contributed by atoms with Crippen LogP contribution >= 0.6 is 11.6 Å². The van der Waals surface area contributed by atoms with Crippen LogP contribution in [0.15, 0.2) is 18.6 Å². The van der Waals surface area contributed by atoms with Gasteiger partial charge in [0.2, 0.25) is 0 Å². The molecular formula is C11H12ClN3O. The highest BCUT2D eigenvalue weighted by Gasteiger charge is 2.18. The van der Waals surface area contributed by atoms with Crippen LogP contribution in [-0.2, 0) is 4.74 Å². The van der Waals surface area contributed by atoms with Gasteiger partial charge < -0.3 is 4.74 Å². The standard InChI is InChI=1S/C11H12ClN3O/c12-8-4-5-13-11-10(8)14-7-15(11)9-3-1-2-6-16-9/h4-5,7,9H,1-3,6H2. The van der Waals surface area contributed by atoms with Gasteiger partial charge in [-0.25, -0.2) is 9.97 Å². The number of rotatable bonds is 1. The fourth-order valence-electron chi connectivity index (χ4n) is 2.06. The Morgan fingerprint density at radius 3 is 3.12 bits per heavy atom. The minimum absolute atomic E-state index is 0.0599. The van der Waals surface area contributed by atoms with Gasteiger partial charge in [-0.3, -0.25) is 4.57 Å². The quantitative estimate of drug-likeness (QED) is 0.766. The van der Waals surface area contributed by atoms with Crippen molar-refractivity contribution in [2.45, 2.75) is 25.5 Å². The predicted octanol–water partition coefficient (Wildman–Crippen LogP) is 2.78. The van der Waals surface area contributed by atoms with Crippen LogP contribution in [0.25, 0.3) is 11.2 Å². The largest absolute Gasteiger partial charge is 0.358 e. The average molecular weight is 238 g/mol. The summed E-state index contributed by atoms with van der Waals surface area (Å²) < 4.78 is 7.68. The first-order valence-corrected chi connectivity index (χ1v) is 5.83. The topological polar surface area (TPSA) is 39.9 Å². The summed E-state index contributed by atoms with van der Waals surface area (Å²) in [6.45, 7) is 0.810. The Balaban J connectivity index is 2.06. The number of hydrogen-bond donors (Lipinski definition) is 0. The Bertz CT molecular complexity index is 505. The van der Waals surface area contributed by atoms with Crippen LogP contribution in [0.2, 0.25) is 5.02 Å². The molecule has 0 spiro atoms. The molecule has 84 valence electrons. The zero-order valence-corrected chi connectivity index (χ0v) is 9.52. The first-order chi connectivity index (χ1) is 7.86. The van der Waals surface area contributed by atoms with Crippen LogP contribution in [0.5, 0.6) is 0 Å². The van der Waals surface area contributed by atoms with Crippen molar-refractivity contribution in [2.24, 2.45) is 0 Å². The number of imidazole rings is 1. The molecule has 16 heavy (non-hydrogen) atoms. The molecule has 0 N–H and O–H groups in total. The number of nitrogens with zero attached hydrogens (tertiary/aromatic N) is 3. The Labute approximate surface area is 98.2 Å². The second kappa shape index (κ2) is 4.03. The SMILES string of the molecule is Clc1ccnc2c1ncn2C1CCCCO1. The molecule has 0 aromatic carbocycles. The molecule has 2 aromatic rings. The highest BCUT2D eigenvalue weighted by molar-refractivity contribution is 6.34. The number of halogens is 1. The lowest BCUT2D eigenvalue weighted by Gasteiger charge is -2.23. The van der Waals surface area contributed by atoms with Crippen LogP contribution in [0.4, 0.5) is 0 Å². The average Bonchev–Trinajstić information content (AvgIpc) is 2.75. The predicted molar refractivity (Wildman–Crippen MR) is 61.4 cm³/mol. The second-order valence-electron chi connectivity index (χ2n) is 3.94. The van der Waals surface area contributed by atoms with E-state index in [0.29, 0.717) is 5.02 Å². The van der Waals surface area contributed by atoms with Crippen molar-refractivity contribution in [2.75, 3.05) is 6.61 Å². The van der Waals surface area contributed by atoms with Gasteiger partial charge >= 0.3 is 0 Å². The minimum Gasteiger partial charge on any atom is -0.358 e. The van der Waals surface area contributed by atoms with E-state index >= 15 is 0 Å². The van der Waals surface area contributed by atoms with Gasteiger partial charge in [0.15, 0.2) is 5.65 Å². The van der Waals surface area contributed by atoms with Crippen LogP contribution in [-0.4, -0.2) is 21.1 Å². The van der Waals surface area contributed by atoms with Gasteiger partial charge in [0, 0.05) is 12.8 Å². The number of pyridine rings is 1. The third-order valence-corrected chi connectivity index (χ3v) is 3.18. The lowest BCUT2D eigenvalue weighted by Crippen LogP contribution is -2.17. The van der Waals surface area contributed by atoms with Crippen molar-refractivity contribution in [3.05, 3.63) is 23.6 Å². The van der Waals surface area contributed by atoms with Gasteiger partial charge in [0.25, 0.3) is 0 Å². The summed E-state index contributed by atoms with van der Waals surface area (Å²) in [5.41, 5.74) is 1.55. The van der Waals surface area contributed by atoms with E-state index < -0.39 is 0 Å². The normalized spacial score (nSPS) is 21.4. The maximum atomic E-state index is 6.05. The third kappa shape index (κ3) is 1.58. The summed E-state index contributed by atoms with van der Waals surface area (Å²) in [4.78, 5) is 8.60. The van der Waals surface area contributed by atoms with Crippen molar-refractivity contribution in [1.29, 1.82) is 0 Å². The van der Waals surface area contributed by atoms with Crippen molar-refractivity contribution < 1.29 is 4.74 Å². The van der Waals surface area contributed by atoms with Crippen LogP contribution in [0.1, 0.15) is 25.5 Å². The highest BCUT2D eigenvalue weighted by atomic mass is 35.5. The van der Waals surface area contributed by atoms with E-state index in [9.17, 15) is 0 Å². The number of fused-ring (bicyclic) bond motifs is 1. The molecule has 1 saturated heterocycles. The summed E-state index contributed by atoms with van der Waals surface area (Å²) in [7, 11) is 0. The molecule has 5 heteroatoms. The molecular weight excluding hydrogens is 226 g/mol. The van der Waals surface area contributed by atoms with Gasteiger partial charge in [-0.1, -0.05) is 11.6 Å². The lowest BCUT2D eigenvalue weighted by molar-refractivity contribution is -0.0298. The monoisotopic (exact) mass is 237 g/mol. The number of ether oxygens (including phenoxy) is 1. The van der Waals surface area contributed by atoms with E-state index in [1.54, 1.807) is 18.6 Å². The number of hydrogen-bond acceptors (Lipinski definition) is 3. The fourth-order valence-corrected chi connectivity index (χ4v) is 2.25. The molecule has 1 fully saturated rings. The van der Waals surface area contributed by atoms with E-state index in [4.69, 9.17) is 16.3 Å². The van der Waals surface area contributed by atoms with E-state index in [2.05, 4.69) is 9.97 Å². The summed E-state index contributed by atoms with van der Waals surface area (Å²) >= 11 is 6.05. The molecule has 2 aromatic heterocycles. The molecule has 1 unspecified atom stereocenters. The van der Waals surface area contributed by atoms with Crippen molar-refractivity contribution in [1.82, 2.24) is 14.5 Å². The Morgan fingerprint density at radius 1 is 1.38 bits per heavy atom. The van der Waals surface area contributed by atoms with E-state index in [1.807, 2.05) is 4.57 Å². The molecule has 3 rings (SSSR count). The maximum absolute atomic E-state index is 6.05. The summed E-state index contributed by atoms with van der Waals surface area (Å²) in [6, 6.07) is 1.75. The van der Waals surface area contributed by atoms with Crippen LogP contribution < -0.4 is 0 Å². The molecule has 0 radical (unpaired) electrons. The molecule has 0 amide bonds. The molecule has 0 saturated carbocycles. The van der Waals surface area contributed by atoms with E-state index in [-0.39, 0.29) is 6.23 Å². The Hall–Kier alpha value is -1.13. The van der Waals surface area contributed by atoms with E-state index in [1.165, 1.54) is 6.42 Å². The summed E-state index contributed by atoms with van der Waals surface area (Å²) in [5, 5.41) is 0.638. The van der Waals surface area contributed by atoms with Gasteiger partial charge in [0.05, 0.1) is 11.3 Å². The summed E-state index contributed by atoms with van der Waals surface area (Å²) in [5.74, 6) is 0. The lowest BCUT2D eigenvalue weighted by atomic mass is 10.2. The van der Waals surface area contributed by atoms with Crippen LogP contribution in [0.3, 0.4) is 0 Å². The smallest absolute Gasteiger partial charge is 0.163 e. The molecule has 3 heterocycles. The zero-order valence-electron chi connectivity index (χ0n) is 8.77. The Kier molecular flexibility index (Phi) is 2.53. The van der Waals surface area contributed by atoms with Gasteiger partial charge in [-0.15, -0.1) is 0 Å². The van der Waals surface area contributed by atoms with E-state index in [0.717, 1.165) is 30.6 Å². The molecule has 1 aliphatic heterocycles. The van der Waals surface area contributed by atoms with Gasteiger partial charge in [0.1, 0.15) is 11.7 Å². The Morgan fingerprint density at radius 2 is 2.31 bits per heavy atom. The summed E-state index contributed by atoms with van der Waals surface area (Å²) in [6.07, 6.45) is 6.86. The minimum atomic E-state index is 0.0599. The molecule has 0 bridgehead atoms. The molecule has 4 nitrogen and oxygen atoms in total. The fraction of sp³-hybridized carbons (Fsp3) is 0.455. The van der Waals surface area contributed by atoms with Gasteiger partial charge in [-0.05, 0) is 25.3 Å². The molecule has 0 aliphatic carbocycles. The first-order valence-electron chi connectivity index (χ1n) is 5.45. The second-order valence-corrected chi connectivity index (χ2v) is 4.35. The van der Waals surface area contributed by atoms with Gasteiger partial charge in [-0.2, -0.15) is 0 Å².